The Kier molecular flexibility index (Phi) is 3.86. The summed E-state index contributed by atoms with van der Waals surface area (Å²) in [6, 6.07) is 7.89. The second kappa shape index (κ2) is 5.23. The average molecular weight is 245 g/mol. The Balaban J connectivity index is 1.97. The summed E-state index contributed by atoms with van der Waals surface area (Å²) in [5.74, 6) is 0.243. The van der Waals surface area contributed by atoms with Crippen molar-refractivity contribution in [2.24, 2.45) is 5.41 Å². The Bertz CT molecular complexity index is 419. The summed E-state index contributed by atoms with van der Waals surface area (Å²) in [7, 11) is 0. The number of piperidine rings is 1. The lowest BCUT2D eigenvalue weighted by atomic mass is 9.84. The first-order chi connectivity index (χ1) is 8.46. The van der Waals surface area contributed by atoms with Gasteiger partial charge in [0.15, 0.2) is 5.78 Å². The molecule has 0 bridgehead atoms. The second-order valence-corrected chi connectivity index (χ2v) is 6.27. The molecule has 2 heteroatoms. The summed E-state index contributed by atoms with van der Waals surface area (Å²) in [6.07, 6.45) is 2.47. The molecular weight excluding hydrogens is 222 g/mol. The topological polar surface area (TPSA) is 20.3 Å². The Hall–Kier alpha value is -1.15. The zero-order valence-corrected chi connectivity index (χ0v) is 11.7. The highest BCUT2D eigenvalue weighted by Gasteiger charge is 2.27. The fourth-order valence-corrected chi connectivity index (χ4v) is 2.71. The predicted molar refractivity (Wildman–Crippen MR) is 75.0 cm³/mol. The van der Waals surface area contributed by atoms with Gasteiger partial charge in [-0.25, -0.2) is 0 Å². The lowest BCUT2D eigenvalue weighted by Crippen LogP contribution is -2.42. The Morgan fingerprint density at radius 1 is 1.28 bits per heavy atom. The maximum atomic E-state index is 12.2. The number of Topliss-reactive ketones (excluding diaryl/α,β-unsaturated/α-hetero) is 1. The summed E-state index contributed by atoms with van der Waals surface area (Å²) in [6.45, 7) is 9.27. The number of ketones is 1. The predicted octanol–water partition coefficient (Wildman–Crippen LogP) is 3.30. The zero-order chi connectivity index (χ0) is 13.2. The van der Waals surface area contributed by atoms with E-state index in [0.717, 1.165) is 18.7 Å². The third kappa shape index (κ3) is 3.42. The third-order valence-corrected chi connectivity index (χ3v) is 3.72. The molecule has 1 saturated heterocycles. The summed E-state index contributed by atoms with van der Waals surface area (Å²) < 4.78 is 0. The maximum absolute atomic E-state index is 12.2. The lowest BCUT2D eigenvalue weighted by molar-refractivity contribution is 0.0810. The van der Waals surface area contributed by atoms with Gasteiger partial charge in [-0.15, -0.1) is 0 Å². The van der Waals surface area contributed by atoms with Crippen LogP contribution in [0, 0.1) is 12.3 Å². The number of carbonyl (C=O) groups excluding carboxylic acids is 1. The van der Waals surface area contributed by atoms with E-state index in [0.29, 0.717) is 12.0 Å². The molecule has 18 heavy (non-hydrogen) atoms. The van der Waals surface area contributed by atoms with E-state index in [1.54, 1.807) is 0 Å². The molecule has 1 fully saturated rings. The SMILES string of the molecule is Cc1ccc(C(=O)CN2CCCC(C)(C)C2)cc1. The Morgan fingerprint density at radius 2 is 1.94 bits per heavy atom. The van der Waals surface area contributed by atoms with Crippen LogP contribution in [0.25, 0.3) is 0 Å². The van der Waals surface area contributed by atoms with E-state index < -0.39 is 0 Å². The Morgan fingerprint density at radius 3 is 2.56 bits per heavy atom. The molecule has 1 aliphatic heterocycles. The van der Waals surface area contributed by atoms with E-state index in [1.165, 1.54) is 18.4 Å². The molecule has 2 nitrogen and oxygen atoms in total. The number of aryl methyl sites for hydroxylation is 1. The minimum atomic E-state index is 0.243. The van der Waals surface area contributed by atoms with Crippen LogP contribution in [0.3, 0.4) is 0 Å². The van der Waals surface area contributed by atoms with Crippen molar-refractivity contribution in [3.63, 3.8) is 0 Å². The lowest BCUT2D eigenvalue weighted by Gasteiger charge is -2.37. The van der Waals surface area contributed by atoms with Gasteiger partial charge in [0, 0.05) is 12.1 Å². The highest BCUT2D eigenvalue weighted by Crippen LogP contribution is 2.28. The van der Waals surface area contributed by atoms with Crippen LogP contribution < -0.4 is 0 Å². The van der Waals surface area contributed by atoms with E-state index in [4.69, 9.17) is 0 Å². The fourth-order valence-electron chi connectivity index (χ4n) is 2.71. The average Bonchev–Trinajstić information content (AvgIpc) is 2.28. The Labute approximate surface area is 110 Å². The number of benzene rings is 1. The van der Waals surface area contributed by atoms with Gasteiger partial charge in [-0.2, -0.15) is 0 Å². The van der Waals surface area contributed by atoms with Crippen LogP contribution in [0.5, 0.6) is 0 Å². The van der Waals surface area contributed by atoms with Crippen LogP contribution in [0.2, 0.25) is 0 Å². The van der Waals surface area contributed by atoms with E-state index in [9.17, 15) is 4.79 Å². The first-order valence-corrected chi connectivity index (χ1v) is 6.78. The van der Waals surface area contributed by atoms with Crippen molar-refractivity contribution >= 4 is 5.78 Å². The van der Waals surface area contributed by atoms with Gasteiger partial charge in [0.1, 0.15) is 0 Å². The minimum Gasteiger partial charge on any atom is -0.295 e. The molecule has 0 atom stereocenters. The molecule has 1 heterocycles. The molecule has 0 amide bonds. The van der Waals surface area contributed by atoms with E-state index in [-0.39, 0.29) is 5.78 Å². The van der Waals surface area contributed by atoms with Crippen molar-refractivity contribution < 1.29 is 4.79 Å². The van der Waals surface area contributed by atoms with Gasteiger partial charge in [-0.05, 0) is 31.7 Å². The van der Waals surface area contributed by atoms with Gasteiger partial charge in [-0.3, -0.25) is 9.69 Å². The van der Waals surface area contributed by atoms with Crippen molar-refractivity contribution in [1.29, 1.82) is 0 Å². The van der Waals surface area contributed by atoms with Crippen LogP contribution in [0.4, 0.5) is 0 Å². The molecule has 98 valence electrons. The molecular formula is C16H23NO. The molecule has 0 unspecified atom stereocenters. The highest BCUT2D eigenvalue weighted by atomic mass is 16.1. The van der Waals surface area contributed by atoms with Crippen molar-refractivity contribution in [2.75, 3.05) is 19.6 Å². The zero-order valence-electron chi connectivity index (χ0n) is 11.7. The highest BCUT2D eigenvalue weighted by molar-refractivity contribution is 5.97. The van der Waals surface area contributed by atoms with Gasteiger partial charge in [-0.1, -0.05) is 43.7 Å². The smallest absolute Gasteiger partial charge is 0.176 e. The normalized spacial score (nSPS) is 19.7. The molecule has 1 aliphatic rings. The van der Waals surface area contributed by atoms with Gasteiger partial charge in [0.05, 0.1) is 6.54 Å². The molecule has 0 spiro atoms. The van der Waals surface area contributed by atoms with E-state index in [2.05, 4.69) is 18.7 Å². The number of likely N-dealkylation sites (tertiary alicyclic amines) is 1. The molecule has 0 radical (unpaired) electrons. The molecule has 0 aromatic heterocycles. The molecule has 2 rings (SSSR count). The van der Waals surface area contributed by atoms with Crippen LogP contribution in [-0.2, 0) is 0 Å². The van der Waals surface area contributed by atoms with E-state index >= 15 is 0 Å². The quantitative estimate of drug-likeness (QED) is 0.762. The van der Waals surface area contributed by atoms with Crippen LogP contribution in [-0.4, -0.2) is 30.3 Å². The summed E-state index contributed by atoms with van der Waals surface area (Å²) in [4.78, 5) is 14.5. The monoisotopic (exact) mass is 245 g/mol. The first-order valence-electron chi connectivity index (χ1n) is 6.78. The molecule has 0 N–H and O–H groups in total. The molecule has 1 aromatic carbocycles. The van der Waals surface area contributed by atoms with Gasteiger partial charge < -0.3 is 0 Å². The first kappa shape index (κ1) is 13.3. The van der Waals surface area contributed by atoms with Crippen molar-refractivity contribution in [2.45, 2.75) is 33.6 Å². The van der Waals surface area contributed by atoms with Gasteiger partial charge in [0.2, 0.25) is 0 Å². The van der Waals surface area contributed by atoms with Crippen LogP contribution >= 0.6 is 0 Å². The summed E-state index contributed by atoms with van der Waals surface area (Å²) in [5.41, 5.74) is 2.39. The van der Waals surface area contributed by atoms with Crippen LogP contribution in [0.1, 0.15) is 42.6 Å². The number of hydrogen-bond donors (Lipinski definition) is 0. The van der Waals surface area contributed by atoms with Gasteiger partial charge in [0.25, 0.3) is 0 Å². The third-order valence-electron chi connectivity index (χ3n) is 3.72. The number of hydrogen-bond acceptors (Lipinski definition) is 2. The molecule has 0 saturated carbocycles. The molecule has 1 aromatic rings. The summed E-state index contributed by atoms with van der Waals surface area (Å²) in [5, 5.41) is 0. The number of nitrogens with zero attached hydrogens (tertiary/aromatic N) is 1. The summed E-state index contributed by atoms with van der Waals surface area (Å²) >= 11 is 0. The minimum absolute atomic E-state index is 0.243. The number of rotatable bonds is 3. The van der Waals surface area contributed by atoms with Gasteiger partial charge >= 0.3 is 0 Å². The second-order valence-electron chi connectivity index (χ2n) is 6.27. The van der Waals surface area contributed by atoms with Crippen LogP contribution in [0.15, 0.2) is 24.3 Å². The largest absolute Gasteiger partial charge is 0.295 e. The van der Waals surface area contributed by atoms with Crippen molar-refractivity contribution in [3.05, 3.63) is 35.4 Å². The van der Waals surface area contributed by atoms with Crippen molar-refractivity contribution in [1.82, 2.24) is 4.90 Å². The standard InChI is InChI=1S/C16H23NO/c1-13-5-7-14(8-6-13)15(18)11-17-10-4-9-16(2,3)12-17/h5-8H,4,9-12H2,1-3H3. The molecule has 0 aliphatic carbocycles. The fraction of sp³-hybridized carbons (Fsp3) is 0.562. The van der Waals surface area contributed by atoms with E-state index in [1.807, 2.05) is 31.2 Å². The number of carbonyl (C=O) groups is 1. The maximum Gasteiger partial charge on any atom is 0.176 e. The van der Waals surface area contributed by atoms with Crippen molar-refractivity contribution in [3.8, 4) is 0 Å².